The SMILES string of the molecule is CNC(c1cc(C)ccc1C)c1cncn1C. The summed E-state index contributed by atoms with van der Waals surface area (Å²) in [5.74, 6) is 0. The summed E-state index contributed by atoms with van der Waals surface area (Å²) in [6.45, 7) is 4.27. The van der Waals surface area contributed by atoms with Crippen LogP contribution < -0.4 is 5.32 Å². The molecule has 0 spiro atoms. The standard InChI is InChI=1S/C14H19N3/c1-10-5-6-11(2)12(7-10)14(15-3)13-8-16-9-17(13)4/h5-9,14-15H,1-4H3. The molecule has 0 bridgehead atoms. The van der Waals surface area contributed by atoms with E-state index in [4.69, 9.17) is 0 Å². The molecule has 2 rings (SSSR count). The van der Waals surface area contributed by atoms with Gasteiger partial charge in [-0.2, -0.15) is 0 Å². The molecule has 3 heteroatoms. The molecule has 0 fully saturated rings. The minimum Gasteiger partial charge on any atom is -0.336 e. The molecule has 2 aromatic rings. The number of hydrogen-bond donors (Lipinski definition) is 1. The summed E-state index contributed by atoms with van der Waals surface area (Å²) in [6, 6.07) is 6.76. The van der Waals surface area contributed by atoms with Gasteiger partial charge < -0.3 is 9.88 Å². The van der Waals surface area contributed by atoms with Crippen LogP contribution in [0.4, 0.5) is 0 Å². The summed E-state index contributed by atoms with van der Waals surface area (Å²) in [7, 11) is 4.01. The highest BCUT2D eigenvalue weighted by Crippen LogP contribution is 2.24. The van der Waals surface area contributed by atoms with Crippen molar-refractivity contribution in [2.75, 3.05) is 7.05 Å². The quantitative estimate of drug-likeness (QED) is 0.875. The number of imidazole rings is 1. The maximum atomic E-state index is 4.19. The fourth-order valence-corrected chi connectivity index (χ4v) is 2.18. The van der Waals surface area contributed by atoms with E-state index < -0.39 is 0 Å². The first kappa shape index (κ1) is 11.9. The lowest BCUT2D eigenvalue weighted by molar-refractivity contribution is 0.635. The normalized spacial score (nSPS) is 12.7. The van der Waals surface area contributed by atoms with E-state index in [1.54, 1.807) is 0 Å². The summed E-state index contributed by atoms with van der Waals surface area (Å²) >= 11 is 0. The smallest absolute Gasteiger partial charge is 0.0946 e. The van der Waals surface area contributed by atoms with Gasteiger partial charge in [-0.3, -0.25) is 0 Å². The molecule has 1 aromatic heterocycles. The highest BCUT2D eigenvalue weighted by molar-refractivity contribution is 5.37. The Bertz CT molecular complexity index is 514. The van der Waals surface area contributed by atoms with Gasteiger partial charge in [-0.15, -0.1) is 0 Å². The van der Waals surface area contributed by atoms with E-state index in [9.17, 15) is 0 Å². The van der Waals surface area contributed by atoms with E-state index in [1.165, 1.54) is 22.4 Å². The van der Waals surface area contributed by atoms with Crippen LogP contribution in [0.5, 0.6) is 0 Å². The largest absolute Gasteiger partial charge is 0.336 e. The second kappa shape index (κ2) is 4.72. The summed E-state index contributed by atoms with van der Waals surface area (Å²) in [5.41, 5.74) is 5.08. The van der Waals surface area contributed by atoms with Crippen molar-refractivity contribution in [1.29, 1.82) is 0 Å². The molecule has 1 N–H and O–H groups in total. The van der Waals surface area contributed by atoms with Crippen molar-refractivity contribution in [3.05, 3.63) is 53.1 Å². The van der Waals surface area contributed by atoms with Gasteiger partial charge in [0.1, 0.15) is 0 Å². The van der Waals surface area contributed by atoms with Crippen LogP contribution >= 0.6 is 0 Å². The number of rotatable bonds is 3. The molecule has 1 unspecified atom stereocenters. The van der Waals surface area contributed by atoms with Crippen molar-refractivity contribution >= 4 is 0 Å². The maximum absolute atomic E-state index is 4.19. The zero-order valence-corrected chi connectivity index (χ0v) is 10.9. The van der Waals surface area contributed by atoms with E-state index >= 15 is 0 Å². The molecule has 17 heavy (non-hydrogen) atoms. The number of aromatic nitrogens is 2. The van der Waals surface area contributed by atoms with E-state index in [0.717, 1.165) is 0 Å². The average molecular weight is 229 g/mol. The van der Waals surface area contributed by atoms with Gasteiger partial charge in [-0.05, 0) is 32.0 Å². The second-order valence-electron chi connectivity index (χ2n) is 4.51. The molecular formula is C14H19N3. The third kappa shape index (κ3) is 2.24. The molecule has 1 atom stereocenters. The number of nitrogens with one attached hydrogen (secondary N) is 1. The van der Waals surface area contributed by atoms with Gasteiger partial charge in [-0.25, -0.2) is 4.98 Å². The summed E-state index contributed by atoms with van der Waals surface area (Å²) in [4.78, 5) is 4.19. The molecule has 0 saturated heterocycles. The summed E-state index contributed by atoms with van der Waals surface area (Å²) < 4.78 is 2.06. The van der Waals surface area contributed by atoms with E-state index in [2.05, 4.69) is 46.9 Å². The Hall–Kier alpha value is -1.61. The van der Waals surface area contributed by atoms with Gasteiger partial charge >= 0.3 is 0 Å². The van der Waals surface area contributed by atoms with Gasteiger partial charge in [0.25, 0.3) is 0 Å². The number of benzene rings is 1. The van der Waals surface area contributed by atoms with Crippen LogP contribution in [-0.2, 0) is 7.05 Å². The van der Waals surface area contributed by atoms with Crippen LogP contribution in [0.25, 0.3) is 0 Å². The Morgan fingerprint density at radius 1 is 1.29 bits per heavy atom. The molecule has 3 nitrogen and oxygen atoms in total. The van der Waals surface area contributed by atoms with Crippen molar-refractivity contribution in [2.24, 2.45) is 7.05 Å². The molecule has 0 radical (unpaired) electrons. The topological polar surface area (TPSA) is 29.9 Å². The minimum absolute atomic E-state index is 0.197. The molecule has 0 aliphatic carbocycles. The number of hydrogen-bond acceptors (Lipinski definition) is 2. The molecule has 0 aliphatic rings. The third-order valence-electron chi connectivity index (χ3n) is 3.18. The fourth-order valence-electron chi connectivity index (χ4n) is 2.18. The van der Waals surface area contributed by atoms with E-state index in [-0.39, 0.29) is 6.04 Å². The Morgan fingerprint density at radius 3 is 2.65 bits per heavy atom. The molecular weight excluding hydrogens is 210 g/mol. The van der Waals surface area contributed by atoms with Crippen molar-refractivity contribution < 1.29 is 0 Å². The summed E-state index contributed by atoms with van der Waals surface area (Å²) in [5, 5.41) is 3.37. The first-order valence-corrected chi connectivity index (χ1v) is 5.84. The highest BCUT2D eigenvalue weighted by atomic mass is 15.1. The Balaban J connectivity index is 2.49. The van der Waals surface area contributed by atoms with Crippen molar-refractivity contribution in [2.45, 2.75) is 19.9 Å². The van der Waals surface area contributed by atoms with Gasteiger partial charge in [-0.1, -0.05) is 23.8 Å². The van der Waals surface area contributed by atoms with E-state index in [0.29, 0.717) is 0 Å². The van der Waals surface area contributed by atoms with Crippen molar-refractivity contribution in [1.82, 2.24) is 14.9 Å². The Morgan fingerprint density at radius 2 is 2.06 bits per heavy atom. The Kier molecular flexibility index (Phi) is 3.29. The highest BCUT2D eigenvalue weighted by Gasteiger charge is 2.17. The first-order valence-electron chi connectivity index (χ1n) is 5.84. The maximum Gasteiger partial charge on any atom is 0.0946 e. The lowest BCUT2D eigenvalue weighted by atomic mass is 9.97. The van der Waals surface area contributed by atoms with Gasteiger partial charge in [0.15, 0.2) is 0 Å². The zero-order chi connectivity index (χ0) is 12.4. The molecule has 0 aliphatic heterocycles. The van der Waals surface area contributed by atoms with Crippen LogP contribution in [0.1, 0.15) is 28.4 Å². The lowest BCUT2D eigenvalue weighted by Gasteiger charge is -2.19. The van der Waals surface area contributed by atoms with Crippen molar-refractivity contribution in [3.63, 3.8) is 0 Å². The predicted molar refractivity (Wildman–Crippen MR) is 70.0 cm³/mol. The van der Waals surface area contributed by atoms with E-state index in [1.807, 2.05) is 26.6 Å². The van der Waals surface area contributed by atoms with Crippen LogP contribution in [0.2, 0.25) is 0 Å². The number of aryl methyl sites for hydroxylation is 3. The average Bonchev–Trinajstić information content (AvgIpc) is 2.71. The van der Waals surface area contributed by atoms with Crippen LogP contribution in [-0.4, -0.2) is 16.6 Å². The van der Waals surface area contributed by atoms with Gasteiger partial charge in [0.05, 0.1) is 24.3 Å². The Labute approximate surface area is 103 Å². The van der Waals surface area contributed by atoms with Crippen molar-refractivity contribution in [3.8, 4) is 0 Å². The summed E-state index contributed by atoms with van der Waals surface area (Å²) in [6.07, 6.45) is 3.76. The number of nitrogens with zero attached hydrogens (tertiary/aromatic N) is 2. The lowest BCUT2D eigenvalue weighted by Crippen LogP contribution is -2.21. The van der Waals surface area contributed by atoms with Gasteiger partial charge in [0, 0.05) is 7.05 Å². The third-order valence-corrected chi connectivity index (χ3v) is 3.18. The zero-order valence-electron chi connectivity index (χ0n) is 10.9. The molecule has 1 heterocycles. The minimum atomic E-state index is 0.197. The van der Waals surface area contributed by atoms with Crippen LogP contribution in [0.3, 0.4) is 0 Å². The molecule has 90 valence electrons. The monoisotopic (exact) mass is 229 g/mol. The van der Waals surface area contributed by atoms with Gasteiger partial charge in [0.2, 0.25) is 0 Å². The predicted octanol–water partition coefficient (Wildman–Crippen LogP) is 2.35. The second-order valence-corrected chi connectivity index (χ2v) is 4.51. The molecule has 1 aromatic carbocycles. The van der Waals surface area contributed by atoms with Crippen LogP contribution in [0.15, 0.2) is 30.7 Å². The fraction of sp³-hybridized carbons (Fsp3) is 0.357. The molecule has 0 saturated carbocycles. The first-order chi connectivity index (χ1) is 8.13. The van der Waals surface area contributed by atoms with Crippen LogP contribution in [0, 0.1) is 13.8 Å². The molecule has 0 amide bonds.